The van der Waals surface area contributed by atoms with Crippen molar-refractivity contribution in [2.24, 2.45) is 7.05 Å². The fourth-order valence-corrected chi connectivity index (χ4v) is 4.62. The van der Waals surface area contributed by atoms with Gasteiger partial charge in [-0.05, 0) is 45.7 Å². The summed E-state index contributed by atoms with van der Waals surface area (Å²) in [4.78, 5) is 33.9. The molecule has 2 saturated heterocycles. The molecule has 0 saturated carbocycles. The van der Waals surface area contributed by atoms with Gasteiger partial charge in [-0.15, -0.1) is 0 Å². The number of amides is 1. The van der Waals surface area contributed by atoms with E-state index >= 15 is 0 Å². The van der Waals surface area contributed by atoms with E-state index in [1.54, 1.807) is 19.2 Å². The van der Waals surface area contributed by atoms with Crippen LogP contribution in [0.2, 0.25) is 5.15 Å². The molecule has 0 aliphatic carbocycles. The molecule has 2 aromatic heterocycles. The van der Waals surface area contributed by atoms with Crippen LogP contribution in [0, 0.1) is 11.3 Å². The molecule has 2 fully saturated rings. The van der Waals surface area contributed by atoms with E-state index < -0.39 is 5.60 Å². The third-order valence-corrected chi connectivity index (χ3v) is 5.91. The molecule has 2 aliphatic rings. The third kappa shape index (κ3) is 3.37. The average Bonchev–Trinajstić information content (AvgIpc) is 2.93. The van der Waals surface area contributed by atoms with Crippen LogP contribution in [0.3, 0.4) is 0 Å². The van der Waals surface area contributed by atoms with Crippen molar-refractivity contribution in [1.29, 1.82) is 5.26 Å². The lowest BCUT2D eigenvalue weighted by Gasteiger charge is -2.42. The highest BCUT2D eigenvalue weighted by Gasteiger charge is 2.45. The largest absolute Gasteiger partial charge is 0.444 e. The van der Waals surface area contributed by atoms with Gasteiger partial charge in [0.15, 0.2) is 0 Å². The lowest BCUT2D eigenvalue weighted by atomic mass is 10.1. The molecular formula is C21H24ClN5O3. The van der Waals surface area contributed by atoms with E-state index in [0.29, 0.717) is 35.0 Å². The normalized spacial score (nSPS) is 21.1. The van der Waals surface area contributed by atoms with Crippen LogP contribution in [0.25, 0.3) is 11.0 Å². The molecule has 4 rings (SSSR count). The summed E-state index contributed by atoms with van der Waals surface area (Å²) in [6.07, 6.45) is 1.38. The number of ether oxygens (including phenoxy) is 1. The summed E-state index contributed by atoms with van der Waals surface area (Å²) in [5.74, 6) is 0. The summed E-state index contributed by atoms with van der Waals surface area (Å²) in [7, 11) is 1.62. The minimum atomic E-state index is -0.565. The van der Waals surface area contributed by atoms with Crippen LogP contribution in [-0.2, 0) is 11.8 Å². The summed E-state index contributed by atoms with van der Waals surface area (Å²) >= 11 is 6.14. The Bertz CT molecular complexity index is 1120. The molecule has 2 unspecified atom stereocenters. The van der Waals surface area contributed by atoms with Gasteiger partial charge < -0.3 is 14.2 Å². The maximum atomic E-state index is 12.8. The van der Waals surface area contributed by atoms with Gasteiger partial charge in [0, 0.05) is 20.1 Å². The summed E-state index contributed by atoms with van der Waals surface area (Å²) < 4.78 is 7.02. The molecule has 0 spiro atoms. The monoisotopic (exact) mass is 429 g/mol. The summed E-state index contributed by atoms with van der Waals surface area (Å²) in [5, 5.41) is 10.1. The van der Waals surface area contributed by atoms with Gasteiger partial charge in [-0.3, -0.25) is 9.69 Å². The maximum absolute atomic E-state index is 12.8. The van der Waals surface area contributed by atoms with Crippen LogP contribution in [0.15, 0.2) is 16.9 Å². The first-order valence-electron chi connectivity index (χ1n) is 9.96. The summed E-state index contributed by atoms with van der Waals surface area (Å²) in [5.41, 5.74) is 0.741. The van der Waals surface area contributed by atoms with Crippen LogP contribution >= 0.6 is 11.6 Å². The molecule has 9 heteroatoms. The van der Waals surface area contributed by atoms with Gasteiger partial charge in [-0.25, -0.2) is 9.78 Å². The van der Waals surface area contributed by atoms with Crippen molar-refractivity contribution < 1.29 is 9.53 Å². The molecular weight excluding hydrogens is 406 g/mol. The Morgan fingerprint density at radius 1 is 1.27 bits per heavy atom. The Morgan fingerprint density at radius 3 is 2.47 bits per heavy atom. The number of piperazine rings is 1. The van der Waals surface area contributed by atoms with Gasteiger partial charge in [0.1, 0.15) is 27.9 Å². The zero-order valence-corrected chi connectivity index (χ0v) is 18.2. The number of carbonyl (C=O) groups excluding carboxylic acids is 1. The van der Waals surface area contributed by atoms with Crippen molar-refractivity contribution in [3.63, 3.8) is 0 Å². The number of nitriles is 1. The first-order valence-corrected chi connectivity index (χ1v) is 10.3. The summed E-state index contributed by atoms with van der Waals surface area (Å²) in [6.45, 7) is 6.55. The second-order valence-corrected chi connectivity index (χ2v) is 9.27. The van der Waals surface area contributed by atoms with E-state index in [4.69, 9.17) is 16.3 Å². The second-order valence-electron chi connectivity index (χ2n) is 8.88. The highest BCUT2D eigenvalue weighted by Crippen LogP contribution is 2.37. The third-order valence-electron chi connectivity index (χ3n) is 5.70. The number of pyridine rings is 2. The quantitative estimate of drug-likeness (QED) is 0.647. The molecule has 2 atom stereocenters. The molecule has 0 aromatic carbocycles. The number of fused-ring (bicyclic) bond motifs is 3. The maximum Gasteiger partial charge on any atom is 0.410 e. The van der Waals surface area contributed by atoms with E-state index in [-0.39, 0.29) is 29.3 Å². The molecule has 8 nitrogen and oxygen atoms in total. The van der Waals surface area contributed by atoms with E-state index in [1.165, 1.54) is 4.57 Å². The van der Waals surface area contributed by atoms with Crippen molar-refractivity contribution in [1.82, 2.24) is 14.5 Å². The lowest BCUT2D eigenvalue weighted by Crippen LogP contribution is -2.57. The van der Waals surface area contributed by atoms with Crippen molar-refractivity contribution in [3.8, 4) is 6.07 Å². The Morgan fingerprint density at radius 2 is 1.90 bits per heavy atom. The van der Waals surface area contributed by atoms with Gasteiger partial charge in [-0.2, -0.15) is 5.26 Å². The standard InChI is InChI=1S/C21H24ClN5O3/c1-21(2,3)30-20(29)27-12-5-6-13(27)11-26(10-12)18-14(9-23)19(28)25(4)15-7-8-16(22)24-17(15)18/h7-8,12-13H,5-6,10-11H2,1-4H3. The van der Waals surface area contributed by atoms with E-state index in [9.17, 15) is 14.9 Å². The fraction of sp³-hybridized carbons (Fsp3) is 0.524. The predicted octanol–water partition coefficient (Wildman–Crippen LogP) is 3.05. The van der Waals surface area contributed by atoms with E-state index in [2.05, 4.69) is 11.1 Å². The topological polar surface area (TPSA) is 91.5 Å². The number of aromatic nitrogens is 2. The van der Waals surface area contributed by atoms with Gasteiger partial charge in [0.25, 0.3) is 5.56 Å². The molecule has 158 valence electrons. The number of nitrogens with zero attached hydrogens (tertiary/aromatic N) is 5. The average molecular weight is 430 g/mol. The SMILES string of the molecule is Cn1c(=O)c(C#N)c(N2CC3CCC(C2)N3C(=O)OC(C)(C)C)c2nc(Cl)ccc21. The van der Waals surface area contributed by atoms with E-state index in [1.807, 2.05) is 30.6 Å². The number of rotatable bonds is 1. The molecule has 2 aromatic rings. The highest BCUT2D eigenvalue weighted by molar-refractivity contribution is 6.29. The number of hydrogen-bond donors (Lipinski definition) is 0. The Kier molecular flexibility index (Phi) is 4.89. The lowest BCUT2D eigenvalue weighted by molar-refractivity contribution is 0.0123. The van der Waals surface area contributed by atoms with Crippen LogP contribution in [0.1, 0.15) is 39.2 Å². The first-order chi connectivity index (χ1) is 14.1. The Hall–Kier alpha value is -2.79. The number of hydrogen-bond acceptors (Lipinski definition) is 6. The molecule has 1 amide bonds. The van der Waals surface area contributed by atoms with E-state index in [0.717, 1.165) is 12.8 Å². The van der Waals surface area contributed by atoms with Crippen molar-refractivity contribution in [2.45, 2.75) is 51.3 Å². The summed E-state index contributed by atoms with van der Waals surface area (Å²) in [6, 6.07) is 5.33. The zero-order chi connectivity index (χ0) is 21.8. The Balaban J connectivity index is 1.76. The van der Waals surface area contributed by atoms with Gasteiger partial charge in [0.05, 0.1) is 23.3 Å². The zero-order valence-electron chi connectivity index (χ0n) is 17.5. The number of aryl methyl sites for hydroxylation is 1. The Labute approximate surface area is 179 Å². The van der Waals surface area contributed by atoms with Crippen LogP contribution < -0.4 is 10.5 Å². The molecule has 30 heavy (non-hydrogen) atoms. The number of carbonyl (C=O) groups is 1. The minimum absolute atomic E-state index is 0.0462. The predicted molar refractivity (Wildman–Crippen MR) is 114 cm³/mol. The molecule has 0 radical (unpaired) electrons. The highest BCUT2D eigenvalue weighted by atomic mass is 35.5. The van der Waals surface area contributed by atoms with Gasteiger partial charge in [0.2, 0.25) is 0 Å². The minimum Gasteiger partial charge on any atom is -0.444 e. The molecule has 2 aliphatic heterocycles. The number of halogens is 1. The van der Waals surface area contributed by atoms with Crippen molar-refractivity contribution in [3.05, 3.63) is 33.2 Å². The molecule has 4 heterocycles. The smallest absolute Gasteiger partial charge is 0.410 e. The second kappa shape index (κ2) is 7.17. The first kappa shape index (κ1) is 20.5. The van der Waals surface area contributed by atoms with Crippen LogP contribution in [0.5, 0.6) is 0 Å². The number of anilines is 1. The van der Waals surface area contributed by atoms with Crippen molar-refractivity contribution >= 4 is 34.4 Å². The van der Waals surface area contributed by atoms with Crippen LogP contribution in [-0.4, -0.2) is 51.3 Å². The van der Waals surface area contributed by atoms with Crippen molar-refractivity contribution in [2.75, 3.05) is 18.0 Å². The molecule has 2 bridgehead atoms. The fourth-order valence-electron chi connectivity index (χ4n) is 4.48. The van der Waals surface area contributed by atoms with Gasteiger partial charge >= 0.3 is 6.09 Å². The van der Waals surface area contributed by atoms with Crippen LogP contribution in [0.4, 0.5) is 10.5 Å². The molecule has 0 N–H and O–H groups in total. The van der Waals surface area contributed by atoms with Gasteiger partial charge in [-0.1, -0.05) is 11.6 Å².